The van der Waals surface area contributed by atoms with Gasteiger partial charge in [0, 0.05) is 11.6 Å². The average molecular weight is 377 g/mol. The van der Waals surface area contributed by atoms with Crippen LogP contribution in [-0.4, -0.2) is 12.0 Å². The van der Waals surface area contributed by atoms with E-state index in [4.69, 9.17) is 10.2 Å². The predicted octanol–water partition coefficient (Wildman–Crippen LogP) is 3.25. The molecule has 1 aromatic rings. The smallest absolute Gasteiger partial charge is 0.189 e. The molecule has 0 saturated heterocycles. The van der Waals surface area contributed by atoms with Crippen molar-refractivity contribution in [3.63, 3.8) is 0 Å². The minimum Gasteiger partial charge on any atom is -0.466 e. The van der Waals surface area contributed by atoms with Crippen molar-refractivity contribution in [3.05, 3.63) is 23.2 Å². The van der Waals surface area contributed by atoms with Gasteiger partial charge in [0.25, 0.3) is 0 Å². The number of guanidine groups is 1. The molecule has 1 aliphatic carbocycles. The van der Waals surface area contributed by atoms with Crippen LogP contribution < -0.4 is 11.1 Å². The molecule has 19 heavy (non-hydrogen) atoms. The number of hydrogen-bond donors (Lipinski definition) is 2. The van der Waals surface area contributed by atoms with Crippen molar-refractivity contribution in [2.24, 2.45) is 10.7 Å². The lowest BCUT2D eigenvalue weighted by Crippen LogP contribution is -2.41. The van der Waals surface area contributed by atoms with E-state index in [0.29, 0.717) is 18.5 Å². The van der Waals surface area contributed by atoms with Gasteiger partial charge < -0.3 is 15.5 Å². The first-order chi connectivity index (χ1) is 8.65. The Kier molecular flexibility index (Phi) is 6.68. The number of nitrogens with one attached hydrogen (secondary N) is 1. The van der Waals surface area contributed by atoms with E-state index in [1.165, 1.54) is 32.1 Å². The van der Waals surface area contributed by atoms with Crippen LogP contribution in [0.15, 0.2) is 15.5 Å². The van der Waals surface area contributed by atoms with Crippen molar-refractivity contribution < 1.29 is 4.42 Å². The van der Waals surface area contributed by atoms with Gasteiger partial charge in [0.1, 0.15) is 11.5 Å². The lowest BCUT2D eigenvalue weighted by molar-refractivity contribution is 0.412. The normalized spacial score (nSPS) is 17.1. The van der Waals surface area contributed by atoms with Crippen LogP contribution >= 0.6 is 24.0 Å². The van der Waals surface area contributed by atoms with Gasteiger partial charge in [0.15, 0.2) is 5.96 Å². The Labute approximate surface area is 132 Å². The molecular formula is C14H24IN3O. The molecule has 1 heterocycles. The number of hydrogen-bond acceptors (Lipinski definition) is 2. The molecule has 1 aliphatic rings. The molecule has 0 aliphatic heterocycles. The first-order valence-electron chi connectivity index (χ1n) is 6.77. The molecule has 3 N–H and O–H groups in total. The Hall–Kier alpha value is -0.720. The summed E-state index contributed by atoms with van der Waals surface area (Å²) in [5, 5.41) is 3.31. The maximum atomic E-state index is 5.92. The first-order valence-corrected chi connectivity index (χ1v) is 6.77. The van der Waals surface area contributed by atoms with Crippen molar-refractivity contribution in [2.75, 3.05) is 0 Å². The Morgan fingerprint density at radius 3 is 2.63 bits per heavy atom. The first kappa shape index (κ1) is 16.3. The van der Waals surface area contributed by atoms with E-state index in [1.807, 2.05) is 19.9 Å². The topological polar surface area (TPSA) is 63.5 Å². The van der Waals surface area contributed by atoms with Gasteiger partial charge in [-0.25, -0.2) is 4.99 Å². The molecule has 0 bridgehead atoms. The van der Waals surface area contributed by atoms with Crippen molar-refractivity contribution in [1.82, 2.24) is 5.32 Å². The van der Waals surface area contributed by atoms with Gasteiger partial charge in [-0.05, 0) is 32.8 Å². The summed E-state index contributed by atoms with van der Waals surface area (Å²) in [7, 11) is 0. The number of aryl methyl sites for hydroxylation is 2. The Bertz CT molecular complexity index is 422. The SMILES string of the molecule is Cc1cc(CN=C(N)NC2CCCCC2)c(C)o1.I. The highest BCUT2D eigenvalue weighted by molar-refractivity contribution is 14.0. The molecule has 4 nitrogen and oxygen atoms in total. The molecule has 0 atom stereocenters. The van der Waals surface area contributed by atoms with E-state index in [1.54, 1.807) is 0 Å². The van der Waals surface area contributed by atoms with Crippen LogP contribution in [0, 0.1) is 13.8 Å². The summed E-state index contributed by atoms with van der Waals surface area (Å²) < 4.78 is 5.47. The standard InChI is InChI=1S/C14H23N3O.HI/c1-10-8-12(11(2)18-10)9-16-14(15)17-13-6-4-3-5-7-13;/h8,13H,3-7,9H2,1-2H3,(H3,15,16,17);1H. The number of halogens is 1. The van der Waals surface area contributed by atoms with Crippen LogP contribution in [0.3, 0.4) is 0 Å². The fourth-order valence-corrected chi connectivity index (χ4v) is 2.51. The Morgan fingerprint density at radius 2 is 2.05 bits per heavy atom. The van der Waals surface area contributed by atoms with Gasteiger partial charge in [0.05, 0.1) is 6.54 Å². The van der Waals surface area contributed by atoms with Gasteiger partial charge in [-0.1, -0.05) is 19.3 Å². The third-order valence-corrected chi connectivity index (χ3v) is 3.52. The Morgan fingerprint density at radius 1 is 1.37 bits per heavy atom. The predicted molar refractivity (Wildman–Crippen MR) is 88.9 cm³/mol. The number of aliphatic imine (C=N–C) groups is 1. The lowest BCUT2D eigenvalue weighted by Gasteiger charge is -2.23. The van der Waals surface area contributed by atoms with Crippen LogP contribution in [0.2, 0.25) is 0 Å². The van der Waals surface area contributed by atoms with E-state index in [9.17, 15) is 0 Å². The molecule has 1 saturated carbocycles. The number of furan rings is 1. The lowest BCUT2D eigenvalue weighted by atomic mass is 9.96. The second kappa shape index (κ2) is 7.77. The third-order valence-electron chi connectivity index (χ3n) is 3.52. The summed E-state index contributed by atoms with van der Waals surface area (Å²) in [4.78, 5) is 4.39. The molecule has 1 fully saturated rings. The summed E-state index contributed by atoms with van der Waals surface area (Å²) in [6.45, 7) is 4.50. The van der Waals surface area contributed by atoms with E-state index < -0.39 is 0 Å². The second-order valence-electron chi connectivity index (χ2n) is 5.12. The quantitative estimate of drug-likeness (QED) is 0.483. The molecular weight excluding hydrogens is 353 g/mol. The van der Waals surface area contributed by atoms with Crippen molar-refractivity contribution >= 4 is 29.9 Å². The van der Waals surface area contributed by atoms with Crippen LogP contribution in [0.25, 0.3) is 0 Å². The molecule has 5 heteroatoms. The van der Waals surface area contributed by atoms with E-state index in [-0.39, 0.29) is 24.0 Å². The van der Waals surface area contributed by atoms with Gasteiger partial charge >= 0.3 is 0 Å². The summed E-state index contributed by atoms with van der Waals surface area (Å²) >= 11 is 0. The summed E-state index contributed by atoms with van der Waals surface area (Å²) in [6.07, 6.45) is 6.36. The van der Waals surface area contributed by atoms with Gasteiger partial charge in [-0.3, -0.25) is 0 Å². The Balaban J connectivity index is 0.00000180. The number of rotatable bonds is 3. The maximum Gasteiger partial charge on any atom is 0.189 e. The van der Waals surface area contributed by atoms with Crippen molar-refractivity contribution in [3.8, 4) is 0 Å². The molecule has 0 aromatic carbocycles. The summed E-state index contributed by atoms with van der Waals surface area (Å²) in [6, 6.07) is 2.53. The number of nitrogens with two attached hydrogens (primary N) is 1. The molecule has 2 rings (SSSR count). The zero-order chi connectivity index (χ0) is 13.0. The largest absolute Gasteiger partial charge is 0.466 e. The highest BCUT2D eigenvalue weighted by Crippen LogP contribution is 2.17. The number of nitrogens with zero attached hydrogens (tertiary/aromatic N) is 1. The van der Waals surface area contributed by atoms with Gasteiger partial charge in [0.2, 0.25) is 0 Å². The van der Waals surface area contributed by atoms with Crippen molar-refractivity contribution in [1.29, 1.82) is 0 Å². The average Bonchev–Trinajstić information content (AvgIpc) is 2.66. The molecule has 1 aromatic heterocycles. The monoisotopic (exact) mass is 377 g/mol. The van der Waals surface area contributed by atoms with E-state index >= 15 is 0 Å². The highest BCUT2D eigenvalue weighted by Gasteiger charge is 2.13. The van der Waals surface area contributed by atoms with Crippen LogP contribution in [0.5, 0.6) is 0 Å². The summed E-state index contributed by atoms with van der Waals surface area (Å²) in [5.41, 5.74) is 7.03. The minimum atomic E-state index is 0. The molecule has 0 unspecified atom stereocenters. The highest BCUT2D eigenvalue weighted by atomic mass is 127. The fraction of sp³-hybridized carbons (Fsp3) is 0.643. The zero-order valence-electron chi connectivity index (χ0n) is 11.7. The van der Waals surface area contributed by atoms with Crippen molar-refractivity contribution in [2.45, 2.75) is 58.5 Å². The minimum absolute atomic E-state index is 0. The van der Waals surface area contributed by atoms with Crippen LogP contribution in [0.4, 0.5) is 0 Å². The maximum absolute atomic E-state index is 5.92. The van der Waals surface area contributed by atoms with E-state index in [0.717, 1.165) is 17.1 Å². The second-order valence-corrected chi connectivity index (χ2v) is 5.12. The molecule has 0 spiro atoms. The zero-order valence-corrected chi connectivity index (χ0v) is 14.1. The van der Waals surface area contributed by atoms with E-state index in [2.05, 4.69) is 10.3 Å². The van der Waals surface area contributed by atoms with Gasteiger partial charge in [-0.15, -0.1) is 24.0 Å². The van der Waals surface area contributed by atoms with Crippen LogP contribution in [-0.2, 0) is 6.54 Å². The summed E-state index contributed by atoms with van der Waals surface area (Å²) in [5.74, 6) is 2.42. The van der Waals surface area contributed by atoms with Crippen LogP contribution in [0.1, 0.15) is 49.2 Å². The third kappa shape index (κ3) is 5.04. The molecule has 0 amide bonds. The molecule has 108 valence electrons. The van der Waals surface area contributed by atoms with Gasteiger partial charge in [-0.2, -0.15) is 0 Å². The fourth-order valence-electron chi connectivity index (χ4n) is 2.51. The molecule has 0 radical (unpaired) electrons.